The summed E-state index contributed by atoms with van der Waals surface area (Å²) in [5, 5.41) is 12.1. The van der Waals surface area contributed by atoms with Gasteiger partial charge in [0.25, 0.3) is 5.91 Å². The van der Waals surface area contributed by atoms with Gasteiger partial charge in [0.15, 0.2) is 0 Å². The molecule has 0 unspecified atom stereocenters. The van der Waals surface area contributed by atoms with E-state index in [1.54, 1.807) is 19.1 Å². The number of hydrogen-bond acceptors (Lipinski definition) is 4. The van der Waals surface area contributed by atoms with Gasteiger partial charge in [-0.2, -0.15) is 0 Å². The number of ether oxygens (including phenoxy) is 1. The molecule has 92 valence electrons. The molecular weight excluding hydrogens is 224 g/mol. The number of carbonyl (C=O) groups excluding carboxylic acids is 2. The maximum absolute atomic E-state index is 11.6. The summed E-state index contributed by atoms with van der Waals surface area (Å²) >= 11 is 0. The highest BCUT2D eigenvalue weighted by Gasteiger charge is 2.11. The van der Waals surface area contributed by atoms with E-state index in [9.17, 15) is 14.7 Å². The number of amides is 2. The highest BCUT2D eigenvalue weighted by atomic mass is 16.5. The second-order valence-corrected chi connectivity index (χ2v) is 3.39. The summed E-state index contributed by atoms with van der Waals surface area (Å²) in [6, 6.07) is 4.87. The van der Waals surface area contributed by atoms with Gasteiger partial charge in [-0.05, 0) is 18.6 Å². The number of phenolic OH excluding ortho intramolecular Hbond substituents is 1. The monoisotopic (exact) mass is 238 g/mol. The average molecular weight is 238 g/mol. The van der Waals surface area contributed by atoms with Crippen molar-refractivity contribution in [3.63, 3.8) is 0 Å². The first-order valence-corrected chi connectivity index (χ1v) is 5.01. The van der Waals surface area contributed by atoms with Crippen LogP contribution in [0.25, 0.3) is 0 Å². The van der Waals surface area contributed by atoms with Crippen molar-refractivity contribution >= 4 is 12.0 Å². The number of phenols is 1. The van der Waals surface area contributed by atoms with Gasteiger partial charge in [-0.25, -0.2) is 4.79 Å². The van der Waals surface area contributed by atoms with Crippen molar-refractivity contribution in [1.82, 2.24) is 5.32 Å². The van der Waals surface area contributed by atoms with E-state index in [4.69, 9.17) is 5.73 Å². The standard InChI is InChI=1S/C11H14N2O4/c1-7-3-2-4-8(9(7)14)10(15)13-5-6-17-11(12)16/h2-4,14H,5-6H2,1H3,(H2,12,16)(H,13,15). The molecule has 0 saturated carbocycles. The van der Waals surface area contributed by atoms with Crippen LogP contribution in [0.5, 0.6) is 5.75 Å². The number of benzene rings is 1. The summed E-state index contributed by atoms with van der Waals surface area (Å²) in [4.78, 5) is 21.9. The van der Waals surface area contributed by atoms with Gasteiger partial charge < -0.3 is 20.9 Å². The normalized spacial score (nSPS) is 9.71. The summed E-state index contributed by atoms with van der Waals surface area (Å²) in [5.41, 5.74) is 5.55. The fourth-order valence-corrected chi connectivity index (χ4v) is 1.25. The summed E-state index contributed by atoms with van der Waals surface area (Å²) < 4.78 is 4.44. The lowest BCUT2D eigenvalue weighted by Crippen LogP contribution is -2.29. The van der Waals surface area contributed by atoms with E-state index in [2.05, 4.69) is 10.1 Å². The lowest BCUT2D eigenvalue weighted by atomic mass is 10.1. The third kappa shape index (κ3) is 3.67. The molecule has 0 radical (unpaired) electrons. The van der Waals surface area contributed by atoms with Crippen molar-refractivity contribution < 1.29 is 19.4 Å². The number of hydrogen-bond donors (Lipinski definition) is 3. The first kappa shape index (κ1) is 12.8. The largest absolute Gasteiger partial charge is 0.507 e. The van der Waals surface area contributed by atoms with Gasteiger partial charge >= 0.3 is 6.09 Å². The Balaban J connectivity index is 2.53. The first-order valence-electron chi connectivity index (χ1n) is 5.01. The molecule has 0 aliphatic carbocycles. The Bertz CT molecular complexity index is 431. The molecule has 6 heteroatoms. The number of nitrogens with two attached hydrogens (primary N) is 1. The molecule has 4 N–H and O–H groups in total. The number of nitrogens with one attached hydrogen (secondary N) is 1. The predicted octanol–water partition coefficient (Wildman–Crippen LogP) is 0.526. The molecule has 0 spiro atoms. The van der Waals surface area contributed by atoms with E-state index >= 15 is 0 Å². The van der Waals surface area contributed by atoms with Gasteiger partial charge in [0.1, 0.15) is 12.4 Å². The lowest BCUT2D eigenvalue weighted by Gasteiger charge is -2.08. The van der Waals surface area contributed by atoms with Gasteiger partial charge in [-0.15, -0.1) is 0 Å². The fourth-order valence-electron chi connectivity index (χ4n) is 1.25. The molecule has 0 atom stereocenters. The molecular formula is C11H14N2O4. The van der Waals surface area contributed by atoms with Crippen LogP contribution in [0, 0.1) is 6.92 Å². The SMILES string of the molecule is Cc1cccc(C(=O)NCCOC(N)=O)c1O. The zero-order valence-electron chi connectivity index (χ0n) is 9.40. The Hall–Kier alpha value is -2.24. The second kappa shape index (κ2) is 5.74. The van der Waals surface area contributed by atoms with E-state index in [0.717, 1.165) is 0 Å². The van der Waals surface area contributed by atoms with Gasteiger partial charge in [0.2, 0.25) is 0 Å². The molecule has 0 saturated heterocycles. The molecule has 17 heavy (non-hydrogen) atoms. The minimum atomic E-state index is -0.891. The van der Waals surface area contributed by atoms with Gasteiger partial charge in [-0.1, -0.05) is 12.1 Å². The molecule has 6 nitrogen and oxygen atoms in total. The molecule has 0 aliphatic rings. The quantitative estimate of drug-likeness (QED) is 0.666. The Morgan fingerprint density at radius 3 is 2.82 bits per heavy atom. The number of para-hydroxylation sites is 1. The van der Waals surface area contributed by atoms with Crippen LogP contribution in [-0.4, -0.2) is 30.3 Å². The number of aryl methyl sites for hydroxylation is 1. The van der Waals surface area contributed by atoms with Crippen molar-refractivity contribution in [3.8, 4) is 5.75 Å². The smallest absolute Gasteiger partial charge is 0.404 e. The van der Waals surface area contributed by atoms with E-state index in [1.165, 1.54) is 6.07 Å². The number of carbonyl (C=O) groups is 2. The Morgan fingerprint density at radius 2 is 2.18 bits per heavy atom. The molecule has 1 aromatic rings. The lowest BCUT2D eigenvalue weighted by molar-refractivity contribution is 0.0934. The van der Waals surface area contributed by atoms with Crippen molar-refractivity contribution in [3.05, 3.63) is 29.3 Å². The first-order chi connectivity index (χ1) is 8.02. The molecule has 1 rings (SSSR count). The van der Waals surface area contributed by atoms with Crippen LogP contribution in [0.4, 0.5) is 4.79 Å². The maximum Gasteiger partial charge on any atom is 0.404 e. The maximum atomic E-state index is 11.6. The van der Waals surface area contributed by atoms with Crippen molar-refractivity contribution in [2.45, 2.75) is 6.92 Å². The van der Waals surface area contributed by atoms with E-state index in [0.29, 0.717) is 5.56 Å². The minimum absolute atomic E-state index is 0.00630. The third-order valence-electron chi connectivity index (χ3n) is 2.11. The van der Waals surface area contributed by atoms with E-state index in [1.807, 2.05) is 0 Å². The van der Waals surface area contributed by atoms with Crippen LogP contribution in [0.15, 0.2) is 18.2 Å². The van der Waals surface area contributed by atoms with Crippen LogP contribution < -0.4 is 11.1 Å². The van der Waals surface area contributed by atoms with Gasteiger partial charge in [0, 0.05) is 0 Å². The predicted molar refractivity (Wildman–Crippen MR) is 60.7 cm³/mol. The molecule has 1 aromatic carbocycles. The van der Waals surface area contributed by atoms with E-state index < -0.39 is 12.0 Å². The van der Waals surface area contributed by atoms with Crippen LogP contribution in [-0.2, 0) is 4.74 Å². The third-order valence-corrected chi connectivity index (χ3v) is 2.11. The van der Waals surface area contributed by atoms with Crippen LogP contribution in [0.1, 0.15) is 15.9 Å². The summed E-state index contributed by atoms with van der Waals surface area (Å²) in [6.07, 6.45) is -0.891. The molecule has 0 aromatic heterocycles. The summed E-state index contributed by atoms with van der Waals surface area (Å²) in [6.45, 7) is 1.82. The summed E-state index contributed by atoms with van der Waals surface area (Å²) in [7, 11) is 0. The minimum Gasteiger partial charge on any atom is -0.507 e. The zero-order valence-corrected chi connectivity index (χ0v) is 9.40. The number of rotatable bonds is 4. The zero-order chi connectivity index (χ0) is 12.8. The second-order valence-electron chi connectivity index (χ2n) is 3.39. The van der Waals surface area contributed by atoms with Crippen molar-refractivity contribution in [2.24, 2.45) is 5.73 Å². The molecule has 2 amide bonds. The number of aromatic hydroxyl groups is 1. The highest BCUT2D eigenvalue weighted by Crippen LogP contribution is 2.20. The summed E-state index contributed by atoms with van der Waals surface area (Å²) in [5.74, 6) is -0.486. The Labute approximate surface area is 98.4 Å². The topological polar surface area (TPSA) is 102 Å². The highest BCUT2D eigenvalue weighted by molar-refractivity contribution is 5.97. The van der Waals surface area contributed by atoms with Gasteiger partial charge in [-0.3, -0.25) is 4.79 Å². The van der Waals surface area contributed by atoms with Crippen LogP contribution in [0.2, 0.25) is 0 Å². The Morgan fingerprint density at radius 1 is 1.47 bits per heavy atom. The molecule has 0 bridgehead atoms. The number of primary amides is 1. The van der Waals surface area contributed by atoms with E-state index in [-0.39, 0.29) is 24.5 Å². The average Bonchev–Trinajstić information content (AvgIpc) is 2.27. The molecule has 0 heterocycles. The molecule has 0 aliphatic heterocycles. The molecule has 0 fully saturated rings. The van der Waals surface area contributed by atoms with Gasteiger partial charge in [0.05, 0.1) is 12.1 Å². The van der Waals surface area contributed by atoms with Crippen LogP contribution in [0.3, 0.4) is 0 Å². The van der Waals surface area contributed by atoms with Crippen molar-refractivity contribution in [1.29, 1.82) is 0 Å². The fraction of sp³-hybridized carbons (Fsp3) is 0.273. The van der Waals surface area contributed by atoms with Crippen molar-refractivity contribution in [2.75, 3.05) is 13.2 Å². The van der Waals surface area contributed by atoms with Crippen LogP contribution >= 0.6 is 0 Å². The Kier molecular flexibility index (Phi) is 4.33.